The highest BCUT2D eigenvalue weighted by Crippen LogP contribution is 2.71. The molecule has 0 aromatic heterocycles. The van der Waals surface area contributed by atoms with Gasteiger partial charge >= 0.3 is 12.8 Å². The number of esters is 1. The molecule has 0 heterocycles. The lowest BCUT2D eigenvalue weighted by molar-refractivity contribution is -0.142. The number of carbonyl (C=O) groups is 1. The lowest BCUT2D eigenvalue weighted by Crippen LogP contribution is -2.19. The third-order valence-electron chi connectivity index (χ3n) is 14.4. The molecule has 16 unspecified atom stereocenters. The minimum atomic E-state index is -3.71. The van der Waals surface area contributed by atoms with Crippen LogP contribution >= 0.6 is 121 Å². The van der Waals surface area contributed by atoms with E-state index in [0.29, 0.717) is 83.2 Å². The van der Waals surface area contributed by atoms with Gasteiger partial charge in [-0.15, -0.1) is 0 Å². The van der Waals surface area contributed by atoms with Crippen LogP contribution in [0.2, 0.25) is 0 Å². The molecule has 37 heteroatoms. The van der Waals surface area contributed by atoms with Crippen LogP contribution in [0.15, 0.2) is 0 Å². The van der Waals surface area contributed by atoms with Crippen molar-refractivity contribution in [1.82, 2.24) is 0 Å². The summed E-state index contributed by atoms with van der Waals surface area (Å²) in [6.45, 7) is 60.8. The molecule has 648 valence electrons. The van der Waals surface area contributed by atoms with Gasteiger partial charge in [0.1, 0.15) is 0 Å². The number of ether oxygens (including phenoxy) is 1. The fourth-order valence-electron chi connectivity index (χ4n) is 11.2. The van der Waals surface area contributed by atoms with Crippen LogP contribution in [-0.2, 0) is 148 Å². The Hall–Kier alpha value is 5.49. The maximum absolute atomic E-state index is 14.8. The zero-order valence-electron chi connectivity index (χ0n) is 71.6. The van der Waals surface area contributed by atoms with Gasteiger partial charge in [0.15, 0.2) is 0 Å². The molecular formula is C71H149O17P7S13. The average Bonchev–Trinajstić information content (AvgIpc) is 0.837. The minimum Gasteiger partial charge on any atom is -0.466 e. The highest BCUT2D eigenvalue weighted by Gasteiger charge is 2.39. The van der Waals surface area contributed by atoms with Crippen molar-refractivity contribution in [1.29, 1.82) is 0 Å². The van der Waals surface area contributed by atoms with Crippen molar-refractivity contribution in [3.05, 3.63) is 0 Å². The van der Waals surface area contributed by atoms with Crippen molar-refractivity contribution in [2.45, 2.75) is 358 Å². The van der Waals surface area contributed by atoms with E-state index in [2.05, 4.69) is 152 Å². The Morgan fingerprint density at radius 2 is 0.407 bits per heavy atom. The normalized spacial score (nSPS) is 20.7. The summed E-state index contributed by atoms with van der Waals surface area (Å²) in [5.74, 6) is 5.06. The third kappa shape index (κ3) is 57.8. The molecule has 0 saturated carbocycles. The van der Waals surface area contributed by atoms with Crippen LogP contribution in [0, 0.1) is 47.3 Å². The largest absolute Gasteiger partial charge is 0.466 e. The smallest absolute Gasteiger partial charge is 0.389 e. The molecule has 16 atom stereocenters. The van der Waals surface area contributed by atoms with E-state index in [-0.39, 0.29) is 85.1 Å². The summed E-state index contributed by atoms with van der Waals surface area (Å²) >= 11 is 48.3. The molecule has 17 nitrogen and oxygen atoms in total. The van der Waals surface area contributed by atoms with Crippen LogP contribution in [0.1, 0.15) is 272 Å². The summed E-state index contributed by atoms with van der Waals surface area (Å²) in [6.07, 6.45) is 2.09. The van der Waals surface area contributed by atoms with Crippen LogP contribution < -0.4 is 0 Å². The Balaban J connectivity index is 7.75. The van der Waals surface area contributed by atoms with Crippen molar-refractivity contribution in [3.8, 4) is 0 Å². The van der Waals surface area contributed by atoms with E-state index in [1.54, 1.807) is 6.92 Å². The molecule has 0 fully saturated rings. The molecule has 0 aliphatic carbocycles. The van der Waals surface area contributed by atoms with E-state index in [4.69, 9.17) is 139 Å². The van der Waals surface area contributed by atoms with Gasteiger partial charge in [0, 0.05) is 40.3 Å². The van der Waals surface area contributed by atoms with Gasteiger partial charge in [-0.2, -0.15) is 0 Å². The van der Waals surface area contributed by atoms with Gasteiger partial charge in [-0.05, 0) is 285 Å². The van der Waals surface area contributed by atoms with Crippen molar-refractivity contribution in [3.63, 3.8) is 0 Å². The van der Waals surface area contributed by atoms with Crippen LogP contribution in [0.4, 0.5) is 0 Å². The lowest BCUT2D eigenvalue weighted by atomic mass is 10.1. The highest BCUT2D eigenvalue weighted by molar-refractivity contribution is 8.70. The average molecular weight is 1910 g/mol. The Morgan fingerprint density at radius 3 is 0.583 bits per heavy atom. The van der Waals surface area contributed by atoms with Crippen LogP contribution in [-0.4, -0.2) is 138 Å². The van der Waals surface area contributed by atoms with Gasteiger partial charge in [0.2, 0.25) is 34.2 Å². The van der Waals surface area contributed by atoms with Crippen LogP contribution in [0.3, 0.4) is 0 Å². The zero-order valence-corrected chi connectivity index (χ0v) is 88.5. The van der Waals surface area contributed by atoms with Gasteiger partial charge in [-0.25, -0.2) is 4.57 Å². The summed E-state index contributed by atoms with van der Waals surface area (Å²) in [4.78, 5) is 12.9. The molecule has 0 radical (unpaired) electrons. The Morgan fingerprint density at radius 1 is 0.250 bits per heavy atom. The van der Waals surface area contributed by atoms with Crippen molar-refractivity contribution in [2.75, 3.05) is 46.9 Å². The van der Waals surface area contributed by atoms with Crippen molar-refractivity contribution >= 4 is 197 Å². The molecule has 0 saturated heterocycles. The second kappa shape index (κ2) is 57.8. The predicted octanol–water partition coefficient (Wildman–Crippen LogP) is 28.6. The first-order valence-electron chi connectivity index (χ1n) is 39.0. The van der Waals surface area contributed by atoms with E-state index in [9.17, 15) is 9.36 Å². The first-order chi connectivity index (χ1) is 49.5. The molecule has 0 spiro atoms. The molecule has 108 heavy (non-hydrogen) atoms. The highest BCUT2D eigenvalue weighted by atomic mass is 32.9. The Kier molecular flexibility index (Phi) is 60.8. The molecule has 0 aromatic carbocycles. The van der Waals surface area contributed by atoms with Gasteiger partial charge in [0.05, 0.1) is 98.5 Å². The monoisotopic (exact) mass is 1910 g/mol. The number of hydrogen-bond acceptors (Lipinski definition) is 30. The molecule has 0 aromatic rings. The molecule has 0 amide bonds. The maximum atomic E-state index is 14.8. The van der Waals surface area contributed by atoms with E-state index in [0.717, 1.165) is 49.9 Å². The molecule has 0 N–H and O–H groups in total. The predicted molar refractivity (Wildman–Crippen MR) is 505 cm³/mol. The first-order valence-corrected chi connectivity index (χ1v) is 67.5. The van der Waals surface area contributed by atoms with E-state index < -0.39 is 77.6 Å². The van der Waals surface area contributed by atoms with Crippen LogP contribution in [0.5, 0.6) is 0 Å². The Bertz CT molecular complexity index is 2410. The molecule has 0 aliphatic rings. The topological polar surface area (TPSA) is 173 Å². The number of hydrogen-bond donors (Lipinski definition) is 0. The second-order valence-electron chi connectivity index (χ2n) is 32.2. The van der Waals surface area contributed by atoms with E-state index in [1.807, 2.05) is 55.4 Å². The van der Waals surface area contributed by atoms with Crippen LogP contribution in [0.25, 0.3) is 0 Å². The summed E-state index contributed by atoms with van der Waals surface area (Å²) < 4.78 is 115. The fourth-order valence-corrected chi connectivity index (χ4v) is 49.0. The quantitative estimate of drug-likeness (QED) is 0.0415. The number of carbonyl (C=O) groups excluding carboxylic acids is 1. The zero-order chi connectivity index (χ0) is 83.4. The van der Waals surface area contributed by atoms with Gasteiger partial charge in [-0.1, -0.05) is 179 Å². The molecule has 0 rings (SSSR count). The van der Waals surface area contributed by atoms with Crippen molar-refractivity contribution < 1.29 is 77.4 Å². The lowest BCUT2D eigenvalue weighted by Gasteiger charge is -2.33. The van der Waals surface area contributed by atoms with Gasteiger partial charge < -0.3 is 59.0 Å². The Labute approximate surface area is 719 Å². The van der Waals surface area contributed by atoms with E-state index in [1.165, 1.54) is 68.3 Å². The number of rotatable bonds is 67. The molecular weight excluding hydrogens is 1760 g/mol. The SMILES string of the molecule is CCOC(=O)CCSP(=S)(OC(C)CSP(=S)(OC(C)CSP(=O)(OC(C)CC(C)C)OC(C)CC(C)C)OC(C)CSP(=S)(OC(C)CC(C)C)OC(C)CC(C)C)OC(C)CSP(=S)(OC(C)CSP(=S)(OC(C)CC(C)C)OC(C)CC(C)C)OC(C)CSP(=S)(OC(C)CC(C)C)OC(C)CC(C)C. The van der Waals surface area contributed by atoms with E-state index >= 15 is 0 Å². The van der Waals surface area contributed by atoms with Crippen molar-refractivity contribution in [2.24, 2.45) is 47.3 Å². The summed E-state index contributed by atoms with van der Waals surface area (Å²) in [6, 6.07) is 0. The summed E-state index contributed by atoms with van der Waals surface area (Å²) in [5, 5.41) is 0. The third-order valence-corrected chi connectivity index (χ3v) is 51.7. The molecule has 0 aliphatic heterocycles. The van der Waals surface area contributed by atoms with Gasteiger partial charge in [-0.3, -0.25) is 13.8 Å². The fraction of sp³-hybridized carbons (Fsp3) is 0.986. The summed E-state index contributed by atoms with van der Waals surface area (Å²) in [7, 11) is 0. The van der Waals surface area contributed by atoms with Gasteiger partial charge in [0.25, 0.3) is 0 Å². The maximum Gasteiger partial charge on any atom is 0.389 e. The molecule has 0 bridgehead atoms. The standard InChI is InChI=1S/C71H149O17P7S13/c1-32-74-71(72)33-34-102-90(96,83-66(27)44-107-94(100,85-65(26)43-103-89(73,75-57(18)35-49(2)3)76-58(19)36-50(4)5)86-68(29)46-104-91(97,77-59(20)37-51(6)7)78-60(21)38-52(8)9)84-67(28)45-108-95(101,87-69(30)47-105-92(98,79-61(22)39-53(10)11)80-62(23)40-54(12)13)88-70(31)48-106-93(99,81-63(24)41-55(14)15)82-64(25)42-56(16)17/h49-70H,32-48H2,1-31H3. The second-order valence-corrected chi connectivity index (χ2v) is 73.8. The minimum absolute atomic E-state index is 0.0837. The summed E-state index contributed by atoms with van der Waals surface area (Å²) in [5.41, 5.74) is -18.6. The first kappa shape index (κ1) is 113.